The number of halogens is 1. The van der Waals surface area contributed by atoms with Crippen molar-refractivity contribution in [3.8, 4) is 0 Å². The summed E-state index contributed by atoms with van der Waals surface area (Å²) in [5.74, 6) is -0.255. The summed E-state index contributed by atoms with van der Waals surface area (Å²) in [6, 6.07) is 0. The van der Waals surface area contributed by atoms with Gasteiger partial charge < -0.3 is 9.47 Å². The van der Waals surface area contributed by atoms with Gasteiger partial charge in [0.15, 0.2) is 5.79 Å². The number of hydrogen-bond acceptors (Lipinski definition) is 3. The minimum Gasteiger partial charge on any atom is -0.347 e. The number of rotatable bonds is 2. The number of hydrogen-bond donors (Lipinski definition) is 0. The smallest absolute Gasteiger partial charge is 0.170 e. The van der Waals surface area contributed by atoms with E-state index in [-0.39, 0.29) is 5.79 Å². The largest absolute Gasteiger partial charge is 0.347 e. The third-order valence-corrected chi connectivity index (χ3v) is 3.46. The van der Waals surface area contributed by atoms with E-state index < -0.39 is 0 Å². The summed E-state index contributed by atoms with van der Waals surface area (Å²) in [6.07, 6.45) is 1.95. The van der Waals surface area contributed by atoms with Crippen molar-refractivity contribution in [3.05, 3.63) is 11.1 Å². The van der Waals surface area contributed by atoms with Crippen LogP contribution in [0.1, 0.15) is 19.8 Å². The molecule has 15 heavy (non-hydrogen) atoms. The average molecular weight is 232 g/mol. The van der Waals surface area contributed by atoms with Crippen molar-refractivity contribution in [2.24, 2.45) is 0 Å². The normalized spacial score (nSPS) is 27.5. The molecule has 0 aromatic carbocycles. The van der Waals surface area contributed by atoms with Gasteiger partial charge in [-0.3, -0.25) is 4.90 Å². The predicted molar refractivity (Wildman–Crippen MR) is 59.9 cm³/mol. The van der Waals surface area contributed by atoms with Crippen LogP contribution >= 0.6 is 11.6 Å². The first-order valence-corrected chi connectivity index (χ1v) is 5.94. The molecule has 0 atom stereocenters. The molecule has 0 aromatic rings. The molecule has 2 heterocycles. The van der Waals surface area contributed by atoms with Gasteiger partial charge >= 0.3 is 0 Å². The van der Waals surface area contributed by atoms with Gasteiger partial charge in [0.25, 0.3) is 0 Å². The molecule has 2 aliphatic rings. The molecule has 0 amide bonds. The molecule has 0 radical (unpaired) electrons. The molecular weight excluding hydrogens is 214 g/mol. The molecule has 2 aliphatic heterocycles. The van der Waals surface area contributed by atoms with E-state index in [2.05, 4.69) is 11.8 Å². The summed E-state index contributed by atoms with van der Waals surface area (Å²) < 4.78 is 11.3. The van der Waals surface area contributed by atoms with Crippen molar-refractivity contribution in [2.75, 3.05) is 32.8 Å². The molecule has 0 N–H and O–H groups in total. The molecule has 86 valence electrons. The fourth-order valence-electron chi connectivity index (χ4n) is 2.22. The molecule has 4 heteroatoms. The third-order valence-electron chi connectivity index (χ3n) is 3.09. The molecule has 0 bridgehead atoms. The Labute approximate surface area is 96.0 Å². The minimum absolute atomic E-state index is 0.255. The summed E-state index contributed by atoms with van der Waals surface area (Å²) in [4.78, 5) is 2.39. The van der Waals surface area contributed by atoms with Gasteiger partial charge in [0.2, 0.25) is 0 Å². The lowest BCUT2D eigenvalue weighted by molar-refractivity contribution is -0.184. The van der Waals surface area contributed by atoms with Crippen LogP contribution in [0.2, 0.25) is 0 Å². The molecule has 2 rings (SSSR count). The first kappa shape index (κ1) is 11.4. The van der Waals surface area contributed by atoms with Crippen LogP contribution in [0.25, 0.3) is 0 Å². The molecule has 0 aliphatic carbocycles. The zero-order valence-corrected chi connectivity index (χ0v) is 9.92. The first-order valence-electron chi connectivity index (χ1n) is 5.50. The van der Waals surface area contributed by atoms with Crippen molar-refractivity contribution < 1.29 is 9.47 Å². The van der Waals surface area contributed by atoms with Gasteiger partial charge in [-0.05, 0) is 12.5 Å². The SMILES string of the molecule is CC(=CCl)CN1CCC2(CC1)OCCO2. The van der Waals surface area contributed by atoms with Crippen molar-refractivity contribution in [1.29, 1.82) is 0 Å². The minimum atomic E-state index is -0.255. The lowest BCUT2D eigenvalue weighted by Gasteiger charge is -2.37. The summed E-state index contributed by atoms with van der Waals surface area (Å²) in [5.41, 5.74) is 2.87. The highest BCUT2D eigenvalue weighted by Gasteiger charge is 2.39. The molecule has 0 unspecified atom stereocenters. The van der Waals surface area contributed by atoms with E-state index in [0.29, 0.717) is 0 Å². The highest BCUT2D eigenvalue weighted by Crippen LogP contribution is 2.31. The van der Waals surface area contributed by atoms with Gasteiger partial charge in [-0.25, -0.2) is 0 Å². The van der Waals surface area contributed by atoms with Gasteiger partial charge in [0, 0.05) is 38.0 Å². The topological polar surface area (TPSA) is 21.7 Å². The Bertz CT molecular complexity index is 239. The summed E-state index contributed by atoms with van der Waals surface area (Å²) in [6.45, 7) is 6.57. The van der Waals surface area contributed by atoms with E-state index in [1.807, 2.05) is 0 Å². The van der Waals surface area contributed by atoms with Crippen molar-refractivity contribution in [1.82, 2.24) is 4.90 Å². The van der Waals surface area contributed by atoms with Crippen LogP contribution in [-0.2, 0) is 9.47 Å². The summed E-state index contributed by atoms with van der Waals surface area (Å²) in [5, 5.41) is 0. The second-order valence-electron chi connectivity index (χ2n) is 4.34. The number of likely N-dealkylation sites (tertiary alicyclic amines) is 1. The second kappa shape index (κ2) is 4.83. The summed E-state index contributed by atoms with van der Waals surface area (Å²) >= 11 is 5.65. The standard InChI is InChI=1S/C11H18ClNO2/c1-10(8-12)9-13-4-2-11(3-5-13)14-6-7-15-11/h8H,2-7,9H2,1H3. The molecule has 1 spiro atoms. The first-order chi connectivity index (χ1) is 7.24. The van der Waals surface area contributed by atoms with Gasteiger partial charge in [0.05, 0.1) is 13.2 Å². The maximum Gasteiger partial charge on any atom is 0.170 e. The Morgan fingerprint density at radius 3 is 2.47 bits per heavy atom. The maximum absolute atomic E-state index is 5.67. The zero-order chi connectivity index (χ0) is 10.7. The quantitative estimate of drug-likeness (QED) is 0.726. The van der Waals surface area contributed by atoms with E-state index in [1.54, 1.807) is 5.54 Å². The predicted octanol–water partition coefficient (Wildman–Crippen LogP) is 1.97. The Morgan fingerprint density at radius 2 is 1.93 bits per heavy atom. The van der Waals surface area contributed by atoms with Crippen LogP contribution in [-0.4, -0.2) is 43.5 Å². The maximum atomic E-state index is 5.67. The zero-order valence-electron chi connectivity index (χ0n) is 9.17. The fourth-order valence-corrected chi connectivity index (χ4v) is 2.29. The van der Waals surface area contributed by atoms with Crippen LogP contribution in [0, 0.1) is 0 Å². The van der Waals surface area contributed by atoms with Crippen LogP contribution in [0.4, 0.5) is 0 Å². The molecule has 0 aromatic heterocycles. The molecular formula is C11H18ClNO2. The van der Waals surface area contributed by atoms with Crippen LogP contribution in [0.5, 0.6) is 0 Å². The van der Waals surface area contributed by atoms with E-state index in [1.165, 1.54) is 5.57 Å². The Hall–Kier alpha value is -0.0900. The van der Waals surface area contributed by atoms with Crippen LogP contribution in [0.15, 0.2) is 11.1 Å². The highest BCUT2D eigenvalue weighted by molar-refractivity contribution is 6.25. The Morgan fingerprint density at radius 1 is 1.33 bits per heavy atom. The van der Waals surface area contributed by atoms with Gasteiger partial charge in [0.1, 0.15) is 0 Å². The van der Waals surface area contributed by atoms with Gasteiger partial charge in [-0.2, -0.15) is 0 Å². The second-order valence-corrected chi connectivity index (χ2v) is 4.56. The lowest BCUT2D eigenvalue weighted by Crippen LogP contribution is -2.45. The van der Waals surface area contributed by atoms with Crippen molar-refractivity contribution in [3.63, 3.8) is 0 Å². The van der Waals surface area contributed by atoms with Crippen molar-refractivity contribution >= 4 is 11.6 Å². The fraction of sp³-hybridized carbons (Fsp3) is 0.818. The van der Waals surface area contributed by atoms with Gasteiger partial charge in [-0.1, -0.05) is 11.6 Å². The highest BCUT2D eigenvalue weighted by atomic mass is 35.5. The van der Waals surface area contributed by atoms with E-state index in [9.17, 15) is 0 Å². The lowest BCUT2D eigenvalue weighted by atomic mass is 10.0. The molecule has 2 saturated heterocycles. The van der Waals surface area contributed by atoms with Crippen LogP contribution in [0.3, 0.4) is 0 Å². The number of piperidine rings is 1. The molecule has 2 fully saturated rings. The monoisotopic (exact) mass is 231 g/mol. The van der Waals surface area contributed by atoms with Gasteiger partial charge in [-0.15, -0.1) is 0 Å². The Balaban J connectivity index is 1.81. The number of ether oxygens (including phenoxy) is 2. The van der Waals surface area contributed by atoms with Crippen molar-refractivity contribution in [2.45, 2.75) is 25.6 Å². The third kappa shape index (κ3) is 2.72. The average Bonchev–Trinajstić information content (AvgIpc) is 2.70. The van der Waals surface area contributed by atoms with E-state index >= 15 is 0 Å². The molecule has 3 nitrogen and oxygen atoms in total. The van der Waals surface area contributed by atoms with E-state index in [4.69, 9.17) is 21.1 Å². The summed E-state index contributed by atoms with van der Waals surface area (Å²) in [7, 11) is 0. The van der Waals surface area contributed by atoms with Crippen LogP contribution < -0.4 is 0 Å². The van der Waals surface area contributed by atoms with E-state index in [0.717, 1.165) is 45.7 Å². The molecule has 0 saturated carbocycles. The Kier molecular flexibility index (Phi) is 3.67. The number of nitrogens with zero attached hydrogens (tertiary/aromatic N) is 1.